The highest BCUT2D eigenvalue weighted by atomic mass is 15.2. The second-order valence-electron chi connectivity index (χ2n) is 5.27. The van der Waals surface area contributed by atoms with Crippen LogP contribution in [0.15, 0.2) is 12.3 Å². The van der Waals surface area contributed by atoms with Gasteiger partial charge in [-0.15, -0.1) is 5.10 Å². The monoisotopic (exact) mass is 207 g/mol. The fourth-order valence-electron chi connectivity index (χ4n) is 1.11. The van der Waals surface area contributed by atoms with Gasteiger partial charge in [-0.25, -0.2) is 0 Å². The van der Waals surface area contributed by atoms with Crippen LogP contribution >= 0.6 is 0 Å². The number of nitrogens with zero attached hydrogens (tertiary/aromatic N) is 2. The lowest BCUT2D eigenvalue weighted by Gasteiger charge is -2.27. The van der Waals surface area contributed by atoms with Crippen LogP contribution in [-0.4, -0.2) is 16.7 Å². The first-order valence-corrected chi connectivity index (χ1v) is 5.43. The Morgan fingerprint density at radius 1 is 1.40 bits per heavy atom. The van der Waals surface area contributed by atoms with Gasteiger partial charge in [0.05, 0.1) is 6.20 Å². The lowest BCUT2D eigenvalue weighted by Crippen LogP contribution is -2.25. The molecule has 0 aliphatic carbocycles. The summed E-state index contributed by atoms with van der Waals surface area (Å²) in [5, 5.41) is 11.3. The molecule has 15 heavy (non-hydrogen) atoms. The molecular formula is C12H21N3. The van der Waals surface area contributed by atoms with Crippen molar-refractivity contribution in [3.8, 4) is 0 Å². The Kier molecular flexibility index (Phi) is 3.66. The molecule has 0 aliphatic heterocycles. The van der Waals surface area contributed by atoms with Gasteiger partial charge < -0.3 is 5.32 Å². The third-order valence-corrected chi connectivity index (χ3v) is 2.86. The third-order valence-electron chi connectivity index (χ3n) is 2.86. The van der Waals surface area contributed by atoms with E-state index >= 15 is 0 Å². The van der Waals surface area contributed by atoms with Crippen LogP contribution in [0.4, 0.5) is 5.82 Å². The van der Waals surface area contributed by atoms with Crippen LogP contribution in [0.3, 0.4) is 0 Å². The Hall–Kier alpha value is -1.12. The molecule has 0 aromatic carbocycles. The van der Waals surface area contributed by atoms with E-state index in [0.717, 1.165) is 17.9 Å². The minimum Gasteiger partial charge on any atom is -0.368 e. The number of aryl methyl sites for hydroxylation is 1. The summed E-state index contributed by atoms with van der Waals surface area (Å²) in [7, 11) is 0. The molecule has 0 fully saturated rings. The first kappa shape index (κ1) is 12.0. The van der Waals surface area contributed by atoms with Crippen LogP contribution < -0.4 is 5.32 Å². The number of rotatable bonds is 3. The highest BCUT2D eigenvalue weighted by molar-refractivity contribution is 5.34. The Morgan fingerprint density at radius 2 is 2.07 bits per heavy atom. The van der Waals surface area contributed by atoms with Gasteiger partial charge in [-0.1, -0.05) is 27.7 Å². The van der Waals surface area contributed by atoms with Crippen molar-refractivity contribution in [1.82, 2.24) is 10.2 Å². The Bertz CT molecular complexity index is 315. The topological polar surface area (TPSA) is 37.8 Å². The lowest BCUT2D eigenvalue weighted by atomic mass is 9.82. The number of hydrogen-bond donors (Lipinski definition) is 1. The SMILES string of the molecule is Cc1cnnc(NCC(C)C(C)(C)C)c1. The molecule has 1 atom stereocenters. The molecular weight excluding hydrogens is 186 g/mol. The summed E-state index contributed by atoms with van der Waals surface area (Å²) >= 11 is 0. The maximum atomic E-state index is 4.03. The zero-order valence-corrected chi connectivity index (χ0v) is 10.3. The number of anilines is 1. The number of nitrogens with one attached hydrogen (secondary N) is 1. The largest absolute Gasteiger partial charge is 0.368 e. The van der Waals surface area contributed by atoms with E-state index in [1.165, 1.54) is 0 Å². The first-order chi connectivity index (χ1) is 6.89. The molecule has 84 valence electrons. The van der Waals surface area contributed by atoms with Gasteiger partial charge in [0.1, 0.15) is 5.82 Å². The molecule has 0 saturated carbocycles. The molecule has 3 heteroatoms. The van der Waals surface area contributed by atoms with Gasteiger partial charge in [0.2, 0.25) is 0 Å². The van der Waals surface area contributed by atoms with Gasteiger partial charge in [0.25, 0.3) is 0 Å². The zero-order chi connectivity index (χ0) is 11.5. The summed E-state index contributed by atoms with van der Waals surface area (Å²) in [5.74, 6) is 1.46. The predicted molar refractivity (Wildman–Crippen MR) is 63.9 cm³/mol. The molecule has 0 bridgehead atoms. The fourth-order valence-corrected chi connectivity index (χ4v) is 1.11. The van der Waals surface area contributed by atoms with Gasteiger partial charge in [-0.3, -0.25) is 0 Å². The van der Waals surface area contributed by atoms with E-state index in [4.69, 9.17) is 0 Å². The lowest BCUT2D eigenvalue weighted by molar-refractivity contribution is 0.274. The van der Waals surface area contributed by atoms with Crippen molar-refractivity contribution >= 4 is 5.82 Å². The van der Waals surface area contributed by atoms with Crippen LogP contribution in [0, 0.1) is 18.3 Å². The van der Waals surface area contributed by atoms with E-state index in [1.54, 1.807) is 6.20 Å². The summed E-state index contributed by atoms with van der Waals surface area (Å²) in [5.41, 5.74) is 1.46. The van der Waals surface area contributed by atoms with Crippen LogP contribution in [0.5, 0.6) is 0 Å². The highest BCUT2D eigenvalue weighted by Gasteiger charge is 2.19. The molecule has 0 radical (unpaired) electrons. The molecule has 0 amide bonds. The second kappa shape index (κ2) is 4.60. The number of aromatic nitrogens is 2. The molecule has 3 nitrogen and oxygen atoms in total. The van der Waals surface area contributed by atoms with Crippen LogP contribution in [-0.2, 0) is 0 Å². The van der Waals surface area contributed by atoms with E-state index in [9.17, 15) is 0 Å². The molecule has 1 aromatic heterocycles. The van der Waals surface area contributed by atoms with E-state index in [2.05, 4.69) is 43.2 Å². The molecule has 0 aliphatic rings. The normalized spacial score (nSPS) is 13.7. The summed E-state index contributed by atoms with van der Waals surface area (Å²) in [6.45, 7) is 12.0. The van der Waals surface area contributed by atoms with Crippen molar-refractivity contribution in [3.05, 3.63) is 17.8 Å². The fraction of sp³-hybridized carbons (Fsp3) is 0.667. The summed E-state index contributed by atoms with van der Waals surface area (Å²) in [6.07, 6.45) is 1.76. The molecule has 0 saturated heterocycles. The van der Waals surface area contributed by atoms with Crippen LogP contribution in [0.1, 0.15) is 33.3 Å². The van der Waals surface area contributed by atoms with Crippen molar-refractivity contribution < 1.29 is 0 Å². The molecule has 1 N–H and O–H groups in total. The minimum absolute atomic E-state index is 0.324. The maximum Gasteiger partial charge on any atom is 0.148 e. The third kappa shape index (κ3) is 3.86. The van der Waals surface area contributed by atoms with E-state index < -0.39 is 0 Å². The zero-order valence-electron chi connectivity index (χ0n) is 10.3. The number of hydrogen-bond acceptors (Lipinski definition) is 3. The molecule has 1 unspecified atom stereocenters. The van der Waals surface area contributed by atoms with Crippen molar-refractivity contribution in [2.45, 2.75) is 34.6 Å². The van der Waals surface area contributed by atoms with E-state index in [0.29, 0.717) is 11.3 Å². The maximum absolute atomic E-state index is 4.03. The smallest absolute Gasteiger partial charge is 0.148 e. The average Bonchev–Trinajstić information content (AvgIpc) is 2.12. The van der Waals surface area contributed by atoms with Gasteiger partial charge in [-0.2, -0.15) is 5.10 Å². The summed E-state index contributed by atoms with van der Waals surface area (Å²) < 4.78 is 0. The quantitative estimate of drug-likeness (QED) is 0.828. The Morgan fingerprint density at radius 3 is 2.60 bits per heavy atom. The predicted octanol–water partition coefficient (Wildman–Crippen LogP) is 2.88. The summed E-state index contributed by atoms with van der Waals surface area (Å²) in [6, 6.07) is 2.02. The van der Waals surface area contributed by atoms with Crippen LogP contribution in [0.25, 0.3) is 0 Å². The average molecular weight is 207 g/mol. The van der Waals surface area contributed by atoms with E-state index in [1.807, 2.05) is 13.0 Å². The van der Waals surface area contributed by atoms with Crippen LogP contribution in [0.2, 0.25) is 0 Å². The van der Waals surface area contributed by atoms with Crippen molar-refractivity contribution in [2.24, 2.45) is 11.3 Å². The standard InChI is InChI=1S/C12H21N3/c1-9-6-11(15-14-7-9)13-8-10(2)12(3,4)5/h6-7,10H,8H2,1-5H3,(H,13,15). The van der Waals surface area contributed by atoms with Gasteiger partial charge >= 0.3 is 0 Å². The van der Waals surface area contributed by atoms with Crippen molar-refractivity contribution in [2.75, 3.05) is 11.9 Å². The summed E-state index contributed by atoms with van der Waals surface area (Å²) in [4.78, 5) is 0. The van der Waals surface area contributed by atoms with Gasteiger partial charge in [0, 0.05) is 6.54 Å². The minimum atomic E-state index is 0.324. The van der Waals surface area contributed by atoms with Crippen molar-refractivity contribution in [1.29, 1.82) is 0 Å². The highest BCUT2D eigenvalue weighted by Crippen LogP contribution is 2.25. The first-order valence-electron chi connectivity index (χ1n) is 5.43. The van der Waals surface area contributed by atoms with Gasteiger partial charge in [0.15, 0.2) is 0 Å². The molecule has 1 aromatic rings. The van der Waals surface area contributed by atoms with Crippen molar-refractivity contribution in [3.63, 3.8) is 0 Å². The molecule has 0 spiro atoms. The molecule has 1 heterocycles. The van der Waals surface area contributed by atoms with Gasteiger partial charge in [-0.05, 0) is 29.9 Å². The molecule has 1 rings (SSSR count). The Balaban J connectivity index is 2.51. The van der Waals surface area contributed by atoms with E-state index in [-0.39, 0.29) is 0 Å². The Labute approximate surface area is 92.3 Å². The second-order valence-corrected chi connectivity index (χ2v) is 5.27.